The van der Waals surface area contributed by atoms with Crippen LogP contribution >= 0.6 is 11.8 Å². The van der Waals surface area contributed by atoms with Crippen LogP contribution in [-0.2, 0) is 9.53 Å². The summed E-state index contributed by atoms with van der Waals surface area (Å²) in [4.78, 5) is 10.4. The topological polar surface area (TPSA) is 133 Å². The lowest BCUT2D eigenvalue weighted by atomic mass is 10.2. The molecular formula is C9H17NO6S. The second-order valence-corrected chi connectivity index (χ2v) is 5.00. The van der Waals surface area contributed by atoms with Crippen LogP contribution in [0.3, 0.4) is 0 Å². The van der Waals surface area contributed by atoms with E-state index in [4.69, 9.17) is 20.7 Å². The van der Waals surface area contributed by atoms with Crippen LogP contribution in [0.2, 0.25) is 0 Å². The molecule has 0 amide bonds. The fourth-order valence-corrected chi connectivity index (χ4v) is 2.50. The largest absolute Gasteiger partial charge is 0.480 e. The molecule has 0 aromatic heterocycles. The summed E-state index contributed by atoms with van der Waals surface area (Å²) in [6.45, 7) is 0. The molecule has 0 aromatic carbocycles. The van der Waals surface area contributed by atoms with Crippen molar-refractivity contribution in [3.63, 3.8) is 0 Å². The smallest absolute Gasteiger partial charge is 0.320 e. The summed E-state index contributed by atoms with van der Waals surface area (Å²) in [6.07, 6.45) is -4.11. The molecule has 7 nitrogen and oxygen atoms in total. The van der Waals surface area contributed by atoms with E-state index in [0.29, 0.717) is 17.9 Å². The second-order valence-electron chi connectivity index (χ2n) is 3.85. The van der Waals surface area contributed by atoms with Crippen LogP contribution in [-0.4, -0.2) is 68.5 Å². The predicted molar refractivity (Wildman–Crippen MR) is 60.4 cm³/mol. The van der Waals surface area contributed by atoms with Gasteiger partial charge in [0.15, 0.2) is 6.29 Å². The SMILES string of the molecule is NC(CCSC[C@H]1OC(O)C(O)C1O)C(=O)O. The number of carboxylic acids is 1. The Labute approximate surface area is 103 Å². The minimum Gasteiger partial charge on any atom is -0.480 e. The van der Waals surface area contributed by atoms with Gasteiger partial charge in [0.25, 0.3) is 0 Å². The Hall–Kier alpha value is -0.380. The van der Waals surface area contributed by atoms with E-state index >= 15 is 0 Å². The maximum atomic E-state index is 10.4. The molecule has 0 spiro atoms. The zero-order chi connectivity index (χ0) is 13.0. The van der Waals surface area contributed by atoms with E-state index in [1.54, 1.807) is 0 Å². The molecule has 1 rings (SSSR count). The highest BCUT2D eigenvalue weighted by Gasteiger charge is 2.41. The van der Waals surface area contributed by atoms with Gasteiger partial charge in [0.05, 0.1) is 6.10 Å². The number of hydrogen-bond acceptors (Lipinski definition) is 7. The molecule has 0 bridgehead atoms. The third-order valence-corrected chi connectivity index (χ3v) is 3.60. The van der Waals surface area contributed by atoms with Crippen LogP contribution in [0.4, 0.5) is 0 Å². The van der Waals surface area contributed by atoms with Gasteiger partial charge in [0, 0.05) is 5.75 Å². The van der Waals surface area contributed by atoms with Gasteiger partial charge >= 0.3 is 5.97 Å². The van der Waals surface area contributed by atoms with Crippen molar-refractivity contribution in [3.05, 3.63) is 0 Å². The first-order valence-corrected chi connectivity index (χ1v) is 6.34. The molecule has 1 aliphatic heterocycles. The third-order valence-electron chi connectivity index (χ3n) is 2.51. The van der Waals surface area contributed by atoms with Crippen molar-refractivity contribution in [2.75, 3.05) is 11.5 Å². The van der Waals surface area contributed by atoms with Crippen LogP contribution in [0.15, 0.2) is 0 Å². The van der Waals surface area contributed by atoms with E-state index in [9.17, 15) is 15.0 Å². The normalized spacial score (nSPS) is 34.8. The van der Waals surface area contributed by atoms with Gasteiger partial charge in [-0.1, -0.05) is 0 Å². The van der Waals surface area contributed by atoms with Crippen LogP contribution in [0.25, 0.3) is 0 Å². The van der Waals surface area contributed by atoms with E-state index in [-0.39, 0.29) is 0 Å². The summed E-state index contributed by atoms with van der Waals surface area (Å²) < 4.78 is 4.93. The molecular weight excluding hydrogens is 250 g/mol. The maximum absolute atomic E-state index is 10.4. The monoisotopic (exact) mass is 267 g/mol. The predicted octanol–water partition coefficient (Wildman–Crippen LogP) is -2.04. The van der Waals surface area contributed by atoms with Gasteiger partial charge in [-0.25, -0.2) is 0 Å². The van der Waals surface area contributed by atoms with E-state index in [1.807, 2.05) is 0 Å². The van der Waals surface area contributed by atoms with Gasteiger partial charge in [-0.3, -0.25) is 4.79 Å². The Kier molecular flexibility index (Phi) is 5.63. The van der Waals surface area contributed by atoms with Gasteiger partial charge in [0.1, 0.15) is 18.2 Å². The molecule has 17 heavy (non-hydrogen) atoms. The van der Waals surface area contributed by atoms with Crippen LogP contribution in [0, 0.1) is 0 Å². The summed E-state index contributed by atoms with van der Waals surface area (Å²) in [7, 11) is 0. The lowest BCUT2D eigenvalue weighted by Crippen LogP contribution is -2.33. The zero-order valence-corrected chi connectivity index (χ0v) is 9.92. The van der Waals surface area contributed by atoms with Crippen molar-refractivity contribution in [3.8, 4) is 0 Å². The molecule has 1 aliphatic rings. The number of ether oxygens (including phenoxy) is 1. The highest BCUT2D eigenvalue weighted by Crippen LogP contribution is 2.23. The first-order chi connectivity index (χ1) is 7.93. The molecule has 5 atom stereocenters. The van der Waals surface area contributed by atoms with Crippen LogP contribution in [0.1, 0.15) is 6.42 Å². The van der Waals surface area contributed by atoms with Crippen molar-refractivity contribution >= 4 is 17.7 Å². The standard InChI is InChI=1S/C9H17NO6S/c10-4(8(13)14)1-2-17-3-5-6(11)7(12)9(15)16-5/h4-7,9,11-12,15H,1-3,10H2,(H,13,14)/t4?,5-,6?,7?,9?/m1/s1. The Morgan fingerprint density at radius 3 is 2.47 bits per heavy atom. The summed E-state index contributed by atoms with van der Waals surface area (Å²) >= 11 is 1.35. The molecule has 1 fully saturated rings. The van der Waals surface area contributed by atoms with Gasteiger partial charge < -0.3 is 30.9 Å². The summed E-state index contributed by atoms with van der Waals surface area (Å²) in [5.74, 6) is -0.179. The number of carbonyl (C=O) groups is 1. The average molecular weight is 267 g/mol. The first kappa shape index (κ1) is 14.7. The fourth-order valence-electron chi connectivity index (χ4n) is 1.40. The number of carboxylic acid groups (broad SMARTS) is 1. The minimum atomic E-state index is -1.36. The number of aliphatic carboxylic acids is 1. The van der Waals surface area contributed by atoms with Crippen LogP contribution < -0.4 is 5.73 Å². The van der Waals surface area contributed by atoms with Gasteiger partial charge in [-0.05, 0) is 12.2 Å². The van der Waals surface area contributed by atoms with Crippen LogP contribution in [0.5, 0.6) is 0 Å². The molecule has 0 saturated carbocycles. The van der Waals surface area contributed by atoms with E-state index in [0.717, 1.165) is 0 Å². The van der Waals surface area contributed by atoms with Gasteiger partial charge in [-0.15, -0.1) is 0 Å². The Morgan fingerprint density at radius 2 is 2.00 bits per heavy atom. The van der Waals surface area contributed by atoms with Crippen molar-refractivity contribution in [1.82, 2.24) is 0 Å². The molecule has 0 radical (unpaired) electrons. The maximum Gasteiger partial charge on any atom is 0.320 e. The Morgan fingerprint density at radius 1 is 1.35 bits per heavy atom. The molecule has 1 saturated heterocycles. The highest BCUT2D eigenvalue weighted by atomic mass is 32.2. The lowest BCUT2D eigenvalue weighted by molar-refractivity contribution is -0.138. The number of nitrogens with two attached hydrogens (primary N) is 1. The molecule has 0 aliphatic carbocycles. The number of thioether (sulfide) groups is 1. The van der Waals surface area contributed by atoms with E-state index < -0.39 is 36.6 Å². The zero-order valence-electron chi connectivity index (χ0n) is 9.10. The van der Waals surface area contributed by atoms with Gasteiger partial charge in [0.2, 0.25) is 0 Å². The fraction of sp³-hybridized carbons (Fsp3) is 0.889. The quantitative estimate of drug-likeness (QED) is 0.348. The molecule has 1 heterocycles. The van der Waals surface area contributed by atoms with Crippen molar-refractivity contribution in [1.29, 1.82) is 0 Å². The Bertz CT molecular complexity index is 266. The molecule has 8 heteroatoms. The average Bonchev–Trinajstić information content (AvgIpc) is 2.52. The summed E-state index contributed by atoms with van der Waals surface area (Å²) in [5.41, 5.74) is 5.31. The van der Waals surface area contributed by atoms with Crippen molar-refractivity contribution in [2.24, 2.45) is 5.73 Å². The molecule has 100 valence electrons. The minimum absolute atomic E-state index is 0.313. The number of rotatable bonds is 6. The van der Waals surface area contributed by atoms with E-state index in [2.05, 4.69) is 0 Å². The first-order valence-electron chi connectivity index (χ1n) is 5.19. The van der Waals surface area contributed by atoms with Gasteiger partial charge in [-0.2, -0.15) is 11.8 Å². The lowest BCUT2D eigenvalue weighted by Gasteiger charge is -2.14. The van der Waals surface area contributed by atoms with Crippen molar-refractivity contribution in [2.45, 2.75) is 37.1 Å². The highest BCUT2D eigenvalue weighted by molar-refractivity contribution is 7.99. The summed E-state index contributed by atoms with van der Waals surface area (Å²) in [5, 5.41) is 36.3. The van der Waals surface area contributed by atoms with E-state index in [1.165, 1.54) is 11.8 Å². The molecule has 4 unspecified atom stereocenters. The number of aliphatic hydroxyl groups is 3. The summed E-state index contributed by atoms with van der Waals surface area (Å²) in [6, 6.07) is -0.895. The Balaban J connectivity index is 2.17. The third kappa shape index (κ3) is 4.09. The number of hydrogen-bond donors (Lipinski definition) is 5. The van der Waals surface area contributed by atoms with Crippen molar-refractivity contribution < 1.29 is 30.0 Å². The molecule has 6 N–H and O–H groups in total. The molecule has 0 aromatic rings. The second kappa shape index (κ2) is 6.53. The number of aliphatic hydroxyl groups excluding tert-OH is 3.